The minimum atomic E-state index is -0.888. The Morgan fingerprint density at radius 1 is 1.21 bits per heavy atom. The molecule has 0 aromatic heterocycles. The Labute approximate surface area is 179 Å². The predicted octanol–water partition coefficient (Wildman–Crippen LogP) is 5.94. The van der Waals surface area contributed by atoms with Crippen molar-refractivity contribution in [3.05, 3.63) is 69.9 Å². The van der Waals surface area contributed by atoms with Crippen molar-refractivity contribution in [2.75, 3.05) is 6.54 Å². The van der Waals surface area contributed by atoms with E-state index in [9.17, 15) is 14.3 Å². The summed E-state index contributed by atoms with van der Waals surface area (Å²) in [5.74, 6) is -0.334. The fourth-order valence-corrected chi connectivity index (χ4v) is 3.99. The Kier molecular flexibility index (Phi) is 6.34. The van der Waals surface area contributed by atoms with Crippen molar-refractivity contribution in [2.24, 2.45) is 0 Å². The van der Waals surface area contributed by atoms with E-state index in [1.54, 1.807) is 30.9 Å². The summed E-state index contributed by atoms with van der Waals surface area (Å²) in [5.41, 5.74) is 0.0190. The average molecular weight is 464 g/mol. The number of halogens is 2. The molecular weight excluding hydrogens is 437 g/mol. The molecule has 1 unspecified atom stereocenters. The highest BCUT2D eigenvalue weighted by molar-refractivity contribution is 9.10. The van der Waals surface area contributed by atoms with Crippen LogP contribution in [0.5, 0.6) is 0 Å². The van der Waals surface area contributed by atoms with Gasteiger partial charge in [-0.15, -0.1) is 0 Å². The molecule has 29 heavy (non-hydrogen) atoms. The molecule has 1 saturated heterocycles. The third-order valence-electron chi connectivity index (χ3n) is 5.60. The van der Waals surface area contributed by atoms with Crippen LogP contribution in [0, 0.1) is 5.82 Å². The van der Waals surface area contributed by atoms with Crippen molar-refractivity contribution < 1.29 is 19.0 Å². The number of cyclic esters (lactones) is 1. The Morgan fingerprint density at radius 3 is 2.38 bits per heavy atom. The van der Waals surface area contributed by atoms with E-state index < -0.39 is 17.3 Å². The van der Waals surface area contributed by atoms with Crippen molar-refractivity contribution in [1.82, 2.24) is 4.90 Å². The lowest BCUT2D eigenvalue weighted by Crippen LogP contribution is -2.49. The summed E-state index contributed by atoms with van der Waals surface area (Å²) in [6.45, 7) is 5.96. The maximum atomic E-state index is 13.5. The Bertz CT molecular complexity index is 848. The zero-order valence-corrected chi connectivity index (χ0v) is 18.6. The molecule has 0 spiro atoms. The predicted molar refractivity (Wildman–Crippen MR) is 114 cm³/mol. The second-order valence-electron chi connectivity index (χ2n) is 8.35. The second kappa shape index (κ2) is 8.44. The first kappa shape index (κ1) is 21.8. The smallest absolute Gasteiger partial charge is 0.411 e. The number of carbonyl (C=O) groups is 1. The van der Waals surface area contributed by atoms with E-state index in [0.717, 1.165) is 15.6 Å². The summed E-state index contributed by atoms with van der Waals surface area (Å²) in [6, 6.07) is 13.8. The van der Waals surface area contributed by atoms with Crippen LogP contribution >= 0.6 is 15.9 Å². The Morgan fingerprint density at radius 2 is 1.83 bits per heavy atom. The molecule has 1 fully saturated rings. The highest BCUT2D eigenvalue weighted by Gasteiger charge is 2.44. The molecule has 6 heteroatoms. The Balaban J connectivity index is 1.84. The Hall–Kier alpha value is -1.92. The SMILES string of the molecule is C[C@@H](c1ccc(Br)cc1)N1CCC(CCC(C)(C)O)(c2ccc(F)cc2)OC1=O. The average Bonchev–Trinajstić information content (AvgIpc) is 2.66. The minimum absolute atomic E-state index is 0.129. The van der Waals surface area contributed by atoms with Crippen LogP contribution in [0.15, 0.2) is 53.0 Å². The largest absolute Gasteiger partial charge is 0.438 e. The van der Waals surface area contributed by atoms with Gasteiger partial charge < -0.3 is 14.7 Å². The van der Waals surface area contributed by atoms with Crippen LogP contribution < -0.4 is 0 Å². The molecule has 4 nitrogen and oxygen atoms in total. The van der Waals surface area contributed by atoms with Crippen molar-refractivity contribution in [3.63, 3.8) is 0 Å². The number of hydrogen-bond acceptors (Lipinski definition) is 3. The zero-order valence-electron chi connectivity index (χ0n) is 17.0. The fraction of sp³-hybridized carbons (Fsp3) is 0.435. The summed E-state index contributed by atoms with van der Waals surface area (Å²) in [4.78, 5) is 14.7. The van der Waals surface area contributed by atoms with Gasteiger partial charge in [-0.25, -0.2) is 9.18 Å². The van der Waals surface area contributed by atoms with E-state index in [1.165, 1.54) is 12.1 Å². The summed E-state index contributed by atoms with van der Waals surface area (Å²) in [7, 11) is 0. The van der Waals surface area contributed by atoms with Gasteiger partial charge in [-0.05, 0) is 69.0 Å². The molecule has 2 aromatic rings. The summed E-state index contributed by atoms with van der Waals surface area (Å²) in [6.07, 6.45) is 1.10. The highest BCUT2D eigenvalue weighted by Crippen LogP contribution is 2.41. The molecule has 0 aliphatic carbocycles. The van der Waals surface area contributed by atoms with Gasteiger partial charge in [0.2, 0.25) is 0 Å². The first-order chi connectivity index (χ1) is 13.6. The van der Waals surface area contributed by atoms with E-state index in [4.69, 9.17) is 4.74 Å². The molecule has 156 valence electrons. The van der Waals surface area contributed by atoms with Gasteiger partial charge in [0.15, 0.2) is 0 Å². The van der Waals surface area contributed by atoms with Gasteiger partial charge in [-0.2, -0.15) is 0 Å². The van der Waals surface area contributed by atoms with Crippen LogP contribution in [0.4, 0.5) is 9.18 Å². The number of ether oxygens (including phenoxy) is 1. The summed E-state index contributed by atoms with van der Waals surface area (Å²) in [5, 5.41) is 10.2. The lowest BCUT2D eigenvalue weighted by molar-refractivity contribution is -0.0768. The molecule has 2 atom stereocenters. The normalized spacial score (nSPS) is 21.0. The number of nitrogens with zero attached hydrogens (tertiary/aromatic N) is 1. The molecular formula is C23H27BrFNO3. The number of aliphatic hydroxyl groups is 1. The van der Waals surface area contributed by atoms with Gasteiger partial charge >= 0.3 is 6.09 Å². The van der Waals surface area contributed by atoms with Crippen molar-refractivity contribution in [1.29, 1.82) is 0 Å². The van der Waals surface area contributed by atoms with E-state index in [2.05, 4.69) is 15.9 Å². The van der Waals surface area contributed by atoms with E-state index in [0.29, 0.717) is 25.8 Å². The topological polar surface area (TPSA) is 49.8 Å². The monoisotopic (exact) mass is 463 g/mol. The van der Waals surface area contributed by atoms with Crippen LogP contribution in [-0.4, -0.2) is 28.2 Å². The van der Waals surface area contributed by atoms with E-state index in [-0.39, 0.29) is 11.9 Å². The second-order valence-corrected chi connectivity index (χ2v) is 9.27. The maximum absolute atomic E-state index is 13.5. The highest BCUT2D eigenvalue weighted by atomic mass is 79.9. The summed E-state index contributed by atoms with van der Waals surface area (Å²) >= 11 is 3.43. The van der Waals surface area contributed by atoms with Crippen molar-refractivity contribution >= 4 is 22.0 Å². The third kappa shape index (κ3) is 5.17. The molecule has 0 radical (unpaired) electrons. The molecule has 1 amide bonds. The standard InChI is InChI=1S/C23H27BrFNO3/c1-16(17-4-8-19(24)9-5-17)26-15-14-23(29-21(26)27,13-12-22(2,3)28)18-6-10-20(25)11-7-18/h4-11,16,28H,12-15H2,1-3H3/t16-,23?/m0/s1. The van der Waals surface area contributed by atoms with Crippen LogP contribution in [0.2, 0.25) is 0 Å². The van der Waals surface area contributed by atoms with Crippen LogP contribution in [0.3, 0.4) is 0 Å². The van der Waals surface area contributed by atoms with Gasteiger partial charge in [0.05, 0.1) is 11.6 Å². The maximum Gasteiger partial charge on any atom is 0.411 e. The van der Waals surface area contributed by atoms with Gasteiger partial charge in [-0.3, -0.25) is 0 Å². The third-order valence-corrected chi connectivity index (χ3v) is 6.13. The molecule has 0 saturated carbocycles. The fourth-order valence-electron chi connectivity index (χ4n) is 3.73. The number of rotatable bonds is 6. The first-order valence-electron chi connectivity index (χ1n) is 9.83. The van der Waals surface area contributed by atoms with Crippen LogP contribution in [0.1, 0.15) is 57.2 Å². The lowest BCUT2D eigenvalue weighted by atomic mass is 9.82. The minimum Gasteiger partial charge on any atom is -0.438 e. The van der Waals surface area contributed by atoms with Crippen molar-refractivity contribution in [3.8, 4) is 0 Å². The van der Waals surface area contributed by atoms with E-state index >= 15 is 0 Å². The number of benzene rings is 2. The summed E-state index contributed by atoms with van der Waals surface area (Å²) < 4.78 is 20.5. The number of hydrogen-bond donors (Lipinski definition) is 1. The molecule has 1 aliphatic rings. The number of carbonyl (C=O) groups excluding carboxylic acids is 1. The zero-order chi connectivity index (χ0) is 21.2. The molecule has 3 rings (SSSR count). The molecule has 2 aromatic carbocycles. The molecule has 0 bridgehead atoms. The first-order valence-corrected chi connectivity index (χ1v) is 10.6. The quantitative estimate of drug-likeness (QED) is 0.576. The number of amides is 1. The van der Waals surface area contributed by atoms with Crippen molar-refractivity contribution in [2.45, 2.75) is 57.3 Å². The van der Waals surface area contributed by atoms with E-state index in [1.807, 2.05) is 31.2 Å². The molecule has 1 heterocycles. The molecule has 1 N–H and O–H groups in total. The lowest BCUT2D eigenvalue weighted by Gasteiger charge is -2.44. The van der Waals surface area contributed by atoms with Crippen LogP contribution in [0.25, 0.3) is 0 Å². The van der Waals surface area contributed by atoms with Gasteiger partial charge in [0.25, 0.3) is 0 Å². The van der Waals surface area contributed by atoms with Gasteiger partial charge in [-0.1, -0.05) is 40.2 Å². The molecule has 1 aliphatic heterocycles. The van der Waals surface area contributed by atoms with Gasteiger partial charge in [0, 0.05) is 17.4 Å². The van der Waals surface area contributed by atoms with Crippen LogP contribution in [-0.2, 0) is 10.3 Å². The van der Waals surface area contributed by atoms with Gasteiger partial charge in [0.1, 0.15) is 11.4 Å².